The van der Waals surface area contributed by atoms with Gasteiger partial charge in [-0.1, -0.05) is 19.8 Å². The summed E-state index contributed by atoms with van der Waals surface area (Å²) in [6, 6.07) is 3.63. The monoisotopic (exact) mass is 316 g/mol. The van der Waals surface area contributed by atoms with Crippen molar-refractivity contribution in [2.45, 2.75) is 36.8 Å². The van der Waals surface area contributed by atoms with Crippen molar-refractivity contribution in [1.29, 1.82) is 0 Å². The van der Waals surface area contributed by atoms with E-state index in [-0.39, 0.29) is 0 Å². The molecule has 0 radical (unpaired) electrons. The van der Waals surface area contributed by atoms with Crippen molar-refractivity contribution in [3.8, 4) is 0 Å². The lowest BCUT2D eigenvalue weighted by Gasteiger charge is -2.15. The third-order valence-electron chi connectivity index (χ3n) is 4.10. The van der Waals surface area contributed by atoms with Crippen molar-refractivity contribution in [2.24, 2.45) is 11.8 Å². The number of rotatable bonds is 7. The van der Waals surface area contributed by atoms with Gasteiger partial charge in [0.05, 0.1) is 0 Å². The zero-order valence-electron chi connectivity index (χ0n) is 12.2. The second-order valence-corrected chi connectivity index (χ2v) is 8.76. The van der Waals surface area contributed by atoms with Gasteiger partial charge in [0, 0.05) is 11.4 Å². The van der Waals surface area contributed by atoms with Crippen molar-refractivity contribution in [3.05, 3.63) is 17.0 Å². The molecule has 0 amide bonds. The van der Waals surface area contributed by atoms with Gasteiger partial charge in [-0.05, 0) is 50.4 Å². The van der Waals surface area contributed by atoms with Crippen LogP contribution in [0.5, 0.6) is 0 Å². The predicted octanol–water partition coefficient (Wildman–Crippen LogP) is 2.22. The fourth-order valence-electron chi connectivity index (χ4n) is 2.70. The molecule has 2 rings (SSSR count). The van der Waals surface area contributed by atoms with E-state index in [9.17, 15) is 8.42 Å². The summed E-state index contributed by atoms with van der Waals surface area (Å²) in [5, 5.41) is 3.07. The van der Waals surface area contributed by atoms with E-state index < -0.39 is 10.0 Å². The molecule has 1 heterocycles. The molecule has 0 aliphatic heterocycles. The maximum absolute atomic E-state index is 12.3. The molecular formula is C14H24N2O2S2. The summed E-state index contributed by atoms with van der Waals surface area (Å²) < 4.78 is 27.8. The molecule has 20 heavy (non-hydrogen) atoms. The lowest BCUT2D eigenvalue weighted by atomic mass is 9.99. The second kappa shape index (κ2) is 7.02. The van der Waals surface area contributed by atoms with Gasteiger partial charge in [0.15, 0.2) is 0 Å². The number of likely N-dealkylation sites (N-methyl/N-ethyl adjacent to an activating group) is 1. The van der Waals surface area contributed by atoms with Gasteiger partial charge in [-0.2, -0.15) is 0 Å². The minimum absolute atomic E-state index is 0.439. The highest BCUT2D eigenvalue weighted by atomic mass is 32.2. The SMILES string of the molecule is CNCCc1ccc(S(=O)(=O)NCC2CCCC2C)s1. The van der Waals surface area contributed by atoms with E-state index in [0.29, 0.717) is 22.6 Å². The summed E-state index contributed by atoms with van der Waals surface area (Å²) >= 11 is 1.37. The third-order valence-corrected chi connectivity index (χ3v) is 7.16. The summed E-state index contributed by atoms with van der Waals surface area (Å²) in [6.45, 7) is 3.66. The average molecular weight is 316 g/mol. The van der Waals surface area contributed by atoms with Gasteiger partial charge in [-0.25, -0.2) is 13.1 Å². The molecule has 0 aromatic carbocycles. The lowest BCUT2D eigenvalue weighted by molar-refractivity contribution is 0.414. The number of hydrogen-bond acceptors (Lipinski definition) is 4. The zero-order chi connectivity index (χ0) is 14.6. The first kappa shape index (κ1) is 15.9. The lowest BCUT2D eigenvalue weighted by Crippen LogP contribution is -2.29. The van der Waals surface area contributed by atoms with Crippen LogP contribution in [0.3, 0.4) is 0 Å². The Labute approximate surface area is 126 Å². The van der Waals surface area contributed by atoms with Gasteiger partial charge in [0.2, 0.25) is 10.0 Å². The first-order chi connectivity index (χ1) is 9.53. The molecule has 4 nitrogen and oxygen atoms in total. The van der Waals surface area contributed by atoms with Crippen molar-refractivity contribution < 1.29 is 8.42 Å². The van der Waals surface area contributed by atoms with E-state index in [2.05, 4.69) is 17.0 Å². The molecule has 1 aliphatic carbocycles. The van der Waals surface area contributed by atoms with Gasteiger partial charge in [-0.15, -0.1) is 11.3 Å². The summed E-state index contributed by atoms with van der Waals surface area (Å²) in [7, 11) is -1.43. The minimum atomic E-state index is -3.33. The molecule has 0 saturated heterocycles. The average Bonchev–Trinajstić information content (AvgIpc) is 3.03. The summed E-state index contributed by atoms with van der Waals surface area (Å²) in [5.74, 6) is 1.13. The maximum Gasteiger partial charge on any atom is 0.250 e. The predicted molar refractivity (Wildman–Crippen MR) is 83.6 cm³/mol. The van der Waals surface area contributed by atoms with Crippen LogP contribution < -0.4 is 10.0 Å². The molecule has 1 aromatic heterocycles. The Bertz CT molecular complexity index is 525. The molecule has 1 fully saturated rings. The van der Waals surface area contributed by atoms with E-state index in [1.54, 1.807) is 6.07 Å². The van der Waals surface area contributed by atoms with Crippen LogP contribution in [0.4, 0.5) is 0 Å². The van der Waals surface area contributed by atoms with Gasteiger partial charge >= 0.3 is 0 Å². The summed E-state index contributed by atoms with van der Waals surface area (Å²) in [4.78, 5) is 1.11. The fourth-order valence-corrected chi connectivity index (χ4v) is 5.19. The molecule has 2 atom stereocenters. The maximum atomic E-state index is 12.3. The second-order valence-electron chi connectivity index (χ2n) is 5.59. The molecule has 1 aliphatic rings. The van der Waals surface area contributed by atoms with Crippen LogP contribution in [-0.4, -0.2) is 28.6 Å². The van der Waals surface area contributed by atoms with Gasteiger partial charge in [0.25, 0.3) is 0 Å². The van der Waals surface area contributed by atoms with Crippen LogP contribution in [0.25, 0.3) is 0 Å². The number of sulfonamides is 1. The fraction of sp³-hybridized carbons (Fsp3) is 0.714. The highest BCUT2D eigenvalue weighted by Crippen LogP contribution is 2.31. The molecule has 6 heteroatoms. The molecule has 0 bridgehead atoms. The number of thiophene rings is 1. The standard InChI is InChI=1S/C14H24N2O2S2/c1-11-4-3-5-12(11)10-16-20(17,18)14-7-6-13(19-14)8-9-15-2/h6-7,11-12,15-16H,3-5,8-10H2,1-2H3. The van der Waals surface area contributed by atoms with Gasteiger partial charge < -0.3 is 5.32 Å². The third kappa shape index (κ3) is 4.04. The zero-order valence-corrected chi connectivity index (χ0v) is 13.8. The van der Waals surface area contributed by atoms with Gasteiger partial charge in [0.1, 0.15) is 4.21 Å². The first-order valence-electron chi connectivity index (χ1n) is 7.26. The summed E-state index contributed by atoms with van der Waals surface area (Å²) in [5.41, 5.74) is 0. The van der Waals surface area contributed by atoms with Crippen LogP contribution >= 0.6 is 11.3 Å². The Morgan fingerprint density at radius 3 is 2.80 bits per heavy atom. The molecule has 2 unspecified atom stereocenters. The Kier molecular flexibility index (Phi) is 5.60. The summed E-state index contributed by atoms with van der Waals surface area (Å²) in [6.07, 6.45) is 4.46. The molecule has 0 spiro atoms. The number of hydrogen-bond donors (Lipinski definition) is 2. The Balaban J connectivity index is 1.93. The normalized spacial score (nSPS) is 23.3. The van der Waals surface area contributed by atoms with E-state index in [1.807, 2.05) is 13.1 Å². The van der Waals surface area contributed by atoms with Crippen molar-refractivity contribution >= 4 is 21.4 Å². The van der Waals surface area contributed by atoms with Crippen molar-refractivity contribution in [1.82, 2.24) is 10.0 Å². The molecule has 114 valence electrons. The Morgan fingerprint density at radius 1 is 1.35 bits per heavy atom. The van der Waals surface area contributed by atoms with E-state index >= 15 is 0 Å². The van der Waals surface area contributed by atoms with Crippen LogP contribution in [0.2, 0.25) is 0 Å². The van der Waals surface area contributed by atoms with Crippen molar-refractivity contribution in [2.75, 3.05) is 20.1 Å². The molecular weight excluding hydrogens is 292 g/mol. The largest absolute Gasteiger partial charge is 0.319 e. The quantitative estimate of drug-likeness (QED) is 0.811. The first-order valence-corrected chi connectivity index (χ1v) is 9.56. The van der Waals surface area contributed by atoms with E-state index in [1.165, 1.54) is 24.2 Å². The topological polar surface area (TPSA) is 58.2 Å². The van der Waals surface area contributed by atoms with Crippen LogP contribution in [-0.2, 0) is 16.4 Å². The van der Waals surface area contributed by atoms with Gasteiger partial charge in [-0.3, -0.25) is 0 Å². The van der Waals surface area contributed by atoms with Crippen LogP contribution in [0, 0.1) is 11.8 Å². The number of nitrogens with one attached hydrogen (secondary N) is 2. The Hall–Kier alpha value is -0.430. The highest BCUT2D eigenvalue weighted by Gasteiger charge is 2.25. The van der Waals surface area contributed by atoms with E-state index in [4.69, 9.17) is 0 Å². The highest BCUT2D eigenvalue weighted by molar-refractivity contribution is 7.91. The van der Waals surface area contributed by atoms with Crippen LogP contribution in [0.15, 0.2) is 16.3 Å². The van der Waals surface area contributed by atoms with E-state index in [0.717, 1.165) is 24.3 Å². The molecule has 1 saturated carbocycles. The Morgan fingerprint density at radius 2 is 2.15 bits per heavy atom. The molecule has 1 aromatic rings. The molecule has 2 N–H and O–H groups in total. The van der Waals surface area contributed by atoms with Crippen molar-refractivity contribution in [3.63, 3.8) is 0 Å². The minimum Gasteiger partial charge on any atom is -0.319 e. The van der Waals surface area contributed by atoms with Crippen LogP contribution in [0.1, 0.15) is 31.1 Å². The smallest absolute Gasteiger partial charge is 0.250 e.